The Labute approximate surface area is 147 Å². The molecule has 0 aliphatic rings. The highest BCUT2D eigenvalue weighted by Gasteiger charge is 2.11. The maximum absolute atomic E-state index is 12.0. The SMILES string of the molecule is CC(Nc1cccc(Br)c1)C(=O)N/N=C/c1cccc([N+](=O)[O-])c1. The first-order valence-electron chi connectivity index (χ1n) is 7.05. The van der Waals surface area contributed by atoms with Gasteiger partial charge >= 0.3 is 0 Å². The predicted molar refractivity (Wildman–Crippen MR) is 96.1 cm³/mol. The van der Waals surface area contributed by atoms with Crippen molar-refractivity contribution in [2.45, 2.75) is 13.0 Å². The fraction of sp³-hybridized carbons (Fsp3) is 0.125. The van der Waals surface area contributed by atoms with Crippen molar-refractivity contribution in [2.24, 2.45) is 5.10 Å². The maximum atomic E-state index is 12.0. The molecule has 0 aliphatic heterocycles. The van der Waals surface area contributed by atoms with Gasteiger partial charge in [0.05, 0.1) is 11.1 Å². The van der Waals surface area contributed by atoms with Crippen LogP contribution in [0.5, 0.6) is 0 Å². The molecule has 0 saturated carbocycles. The van der Waals surface area contributed by atoms with E-state index in [0.717, 1.165) is 10.2 Å². The average Bonchev–Trinajstić information content (AvgIpc) is 2.55. The van der Waals surface area contributed by atoms with Crippen LogP contribution in [-0.2, 0) is 4.79 Å². The van der Waals surface area contributed by atoms with Gasteiger partial charge in [-0.2, -0.15) is 5.10 Å². The quantitative estimate of drug-likeness (QED) is 0.449. The molecule has 1 amide bonds. The fourth-order valence-electron chi connectivity index (χ4n) is 1.88. The highest BCUT2D eigenvalue weighted by Crippen LogP contribution is 2.16. The number of amides is 1. The molecule has 2 N–H and O–H groups in total. The largest absolute Gasteiger partial charge is 0.374 e. The van der Waals surface area contributed by atoms with Crippen LogP contribution in [0.4, 0.5) is 11.4 Å². The van der Waals surface area contributed by atoms with E-state index in [4.69, 9.17) is 0 Å². The van der Waals surface area contributed by atoms with Crippen molar-refractivity contribution < 1.29 is 9.72 Å². The highest BCUT2D eigenvalue weighted by molar-refractivity contribution is 9.10. The van der Waals surface area contributed by atoms with E-state index in [2.05, 4.69) is 31.8 Å². The number of non-ortho nitro benzene ring substituents is 1. The fourth-order valence-corrected chi connectivity index (χ4v) is 2.28. The summed E-state index contributed by atoms with van der Waals surface area (Å²) >= 11 is 3.36. The molecule has 1 unspecified atom stereocenters. The van der Waals surface area contributed by atoms with Crippen molar-refractivity contribution >= 4 is 39.4 Å². The molecule has 0 saturated heterocycles. The Kier molecular flexibility index (Phi) is 6.02. The molecule has 24 heavy (non-hydrogen) atoms. The molecule has 0 aromatic heterocycles. The number of hydrogen-bond acceptors (Lipinski definition) is 5. The van der Waals surface area contributed by atoms with E-state index in [1.165, 1.54) is 18.3 Å². The summed E-state index contributed by atoms with van der Waals surface area (Å²) in [7, 11) is 0. The summed E-state index contributed by atoms with van der Waals surface area (Å²) in [5.74, 6) is -0.323. The minimum Gasteiger partial charge on any atom is -0.374 e. The van der Waals surface area contributed by atoms with Gasteiger partial charge in [0, 0.05) is 27.9 Å². The summed E-state index contributed by atoms with van der Waals surface area (Å²) in [6, 6.07) is 12.9. The zero-order valence-electron chi connectivity index (χ0n) is 12.8. The molecule has 2 aromatic rings. The van der Waals surface area contributed by atoms with Gasteiger partial charge in [-0.15, -0.1) is 0 Å². The zero-order chi connectivity index (χ0) is 17.5. The lowest BCUT2D eigenvalue weighted by molar-refractivity contribution is -0.384. The third kappa shape index (κ3) is 5.17. The summed E-state index contributed by atoms with van der Waals surface area (Å²) in [5.41, 5.74) is 3.69. The van der Waals surface area contributed by atoms with E-state index in [-0.39, 0.29) is 11.6 Å². The molecule has 2 aromatic carbocycles. The number of nitrogens with zero attached hydrogens (tertiary/aromatic N) is 2. The summed E-state index contributed by atoms with van der Waals surface area (Å²) in [6.45, 7) is 1.71. The number of rotatable bonds is 6. The van der Waals surface area contributed by atoms with Crippen LogP contribution in [0.3, 0.4) is 0 Å². The summed E-state index contributed by atoms with van der Waals surface area (Å²) in [4.78, 5) is 22.2. The second-order valence-corrected chi connectivity index (χ2v) is 5.88. The molecular weight excluding hydrogens is 376 g/mol. The molecule has 2 rings (SSSR count). The van der Waals surface area contributed by atoms with E-state index < -0.39 is 11.0 Å². The van der Waals surface area contributed by atoms with Crippen LogP contribution in [0, 0.1) is 10.1 Å². The van der Waals surface area contributed by atoms with Crippen molar-refractivity contribution in [2.75, 3.05) is 5.32 Å². The number of benzene rings is 2. The number of hydrogen-bond donors (Lipinski definition) is 2. The Morgan fingerprint density at radius 3 is 2.75 bits per heavy atom. The van der Waals surface area contributed by atoms with Crippen molar-refractivity contribution in [1.82, 2.24) is 5.43 Å². The first-order valence-corrected chi connectivity index (χ1v) is 7.84. The number of hydrazone groups is 1. The minimum atomic E-state index is -0.499. The van der Waals surface area contributed by atoms with Crippen molar-refractivity contribution in [3.63, 3.8) is 0 Å². The average molecular weight is 391 g/mol. The van der Waals surface area contributed by atoms with Gasteiger partial charge in [0.25, 0.3) is 11.6 Å². The van der Waals surface area contributed by atoms with Crippen LogP contribution < -0.4 is 10.7 Å². The van der Waals surface area contributed by atoms with Crippen LogP contribution >= 0.6 is 15.9 Å². The van der Waals surface area contributed by atoms with E-state index in [1.807, 2.05) is 24.3 Å². The third-order valence-electron chi connectivity index (χ3n) is 3.07. The Morgan fingerprint density at radius 2 is 2.04 bits per heavy atom. The van der Waals surface area contributed by atoms with Crippen LogP contribution in [-0.4, -0.2) is 23.1 Å². The van der Waals surface area contributed by atoms with Crippen molar-refractivity contribution in [3.8, 4) is 0 Å². The predicted octanol–water partition coefficient (Wildman–Crippen LogP) is 3.31. The number of nitrogens with one attached hydrogen (secondary N) is 2. The Balaban J connectivity index is 1.92. The smallest absolute Gasteiger partial charge is 0.270 e. The lowest BCUT2D eigenvalue weighted by atomic mass is 10.2. The van der Waals surface area contributed by atoms with E-state index in [9.17, 15) is 14.9 Å². The number of halogens is 1. The van der Waals surface area contributed by atoms with Crippen LogP contribution in [0.2, 0.25) is 0 Å². The van der Waals surface area contributed by atoms with Gasteiger partial charge in [0.1, 0.15) is 6.04 Å². The van der Waals surface area contributed by atoms with Crippen LogP contribution in [0.25, 0.3) is 0 Å². The molecule has 0 bridgehead atoms. The lowest BCUT2D eigenvalue weighted by Crippen LogP contribution is -2.34. The van der Waals surface area contributed by atoms with Crippen LogP contribution in [0.15, 0.2) is 58.1 Å². The third-order valence-corrected chi connectivity index (χ3v) is 3.56. The van der Waals surface area contributed by atoms with Gasteiger partial charge in [-0.05, 0) is 25.1 Å². The molecule has 0 aliphatic carbocycles. The molecule has 124 valence electrons. The monoisotopic (exact) mass is 390 g/mol. The van der Waals surface area contributed by atoms with E-state index in [0.29, 0.717) is 5.56 Å². The number of anilines is 1. The lowest BCUT2D eigenvalue weighted by Gasteiger charge is -2.13. The molecule has 0 heterocycles. The molecule has 1 atom stereocenters. The van der Waals surface area contributed by atoms with Crippen LogP contribution in [0.1, 0.15) is 12.5 Å². The summed E-state index contributed by atoms with van der Waals surface area (Å²) in [5, 5.41) is 17.6. The first-order chi connectivity index (χ1) is 11.5. The van der Waals surface area contributed by atoms with Crippen molar-refractivity contribution in [1.29, 1.82) is 0 Å². The normalized spacial score (nSPS) is 11.9. The zero-order valence-corrected chi connectivity index (χ0v) is 14.4. The Morgan fingerprint density at radius 1 is 1.29 bits per heavy atom. The van der Waals surface area contributed by atoms with E-state index >= 15 is 0 Å². The number of carbonyl (C=O) groups excluding carboxylic acids is 1. The molecule has 7 nitrogen and oxygen atoms in total. The summed E-state index contributed by atoms with van der Waals surface area (Å²) in [6.07, 6.45) is 1.36. The van der Waals surface area contributed by atoms with Crippen molar-refractivity contribution in [3.05, 3.63) is 68.7 Å². The van der Waals surface area contributed by atoms with Gasteiger partial charge in [-0.1, -0.05) is 34.1 Å². The second kappa shape index (κ2) is 8.21. The number of carbonyl (C=O) groups is 1. The molecule has 0 radical (unpaired) electrons. The van der Waals surface area contributed by atoms with Gasteiger partial charge in [0.2, 0.25) is 0 Å². The Hall–Kier alpha value is -2.74. The molecular formula is C16H15BrN4O3. The summed E-state index contributed by atoms with van der Waals surface area (Å²) < 4.78 is 0.906. The number of nitro groups is 1. The van der Waals surface area contributed by atoms with Gasteiger partial charge < -0.3 is 5.32 Å². The van der Waals surface area contributed by atoms with Gasteiger partial charge in [0.15, 0.2) is 0 Å². The van der Waals surface area contributed by atoms with Gasteiger partial charge in [-0.3, -0.25) is 14.9 Å². The topological polar surface area (TPSA) is 96.6 Å². The maximum Gasteiger partial charge on any atom is 0.270 e. The molecule has 0 fully saturated rings. The standard InChI is InChI=1S/C16H15BrN4O3/c1-11(19-14-6-3-5-13(17)9-14)16(22)20-18-10-12-4-2-7-15(8-12)21(23)24/h2-11,19H,1H3,(H,20,22)/b18-10+. The highest BCUT2D eigenvalue weighted by atomic mass is 79.9. The minimum absolute atomic E-state index is 0.0324. The molecule has 8 heteroatoms. The second-order valence-electron chi connectivity index (χ2n) is 4.96. The van der Waals surface area contributed by atoms with E-state index in [1.54, 1.807) is 19.1 Å². The molecule has 0 spiro atoms. The number of nitro benzene ring substituents is 1. The first kappa shape index (κ1) is 17.6. The Bertz CT molecular complexity index is 779. The van der Waals surface area contributed by atoms with Gasteiger partial charge in [-0.25, -0.2) is 5.43 Å².